The number of aromatic nitrogens is 2. The number of nitrogens with zero attached hydrogens (tertiary/aromatic N) is 5. The van der Waals surface area contributed by atoms with Crippen molar-refractivity contribution >= 4 is 17.7 Å². The van der Waals surface area contributed by atoms with E-state index in [9.17, 15) is 14.4 Å². The van der Waals surface area contributed by atoms with Gasteiger partial charge in [-0.05, 0) is 26.8 Å². The third-order valence-corrected chi connectivity index (χ3v) is 7.19. The van der Waals surface area contributed by atoms with E-state index in [0.29, 0.717) is 18.8 Å². The quantitative estimate of drug-likeness (QED) is 0.721. The number of hydrogen-bond donors (Lipinski definition) is 1. The van der Waals surface area contributed by atoms with Crippen molar-refractivity contribution < 1.29 is 14.4 Å². The van der Waals surface area contributed by atoms with Crippen LogP contribution in [-0.2, 0) is 11.3 Å². The third kappa shape index (κ3) is 4.20. The van der Waals surface area contributed by atoms with Gasteiger partial charge in [-0.2, -0.15) is 5.10 Å². The van der Waals surface area contributed by atoms with Crippen molar-refractivity contribution in [1.82, 2.24) is 29.8 Å². The fourth-order valence-electron chi connectivity index (χ4n) is 4.77. The average Bonchev–Trinajstić information content (AvgIpc) is 3.00. The van der Waals surface area contributed by atoms with Crippen LogP contribution in [0.3, 0.4) is 0 Å². The minimum absolute atomic E-state index is 0.150. The number of likely N-dealkylation sites (N-methyl/N-ethyl adjacent to an activating group) is 2. The van der Waals surface area contributed by atoms with Gasteiger partial charge in [-0.25, -0.2) is 0 Å². The van der Waals surface area contributed by atoms with Crippen molar-refractivity contribution in [2.75, 3.05) is 40.3 Å². The van der Waals surface area contributed by atoms with Crippen LogP contribution < -0.4 is 5.32 Å². The fraction of sp³-hybridized carbons (Fsp3) is 0.727. The van der Waals surface area contributed by atoms with Crippen molar-refractivity contribution in [2.45, 2.75) is 63.6 Å². The maximum atomic E-state index is 13.3. The number of carbonyl (C=O) groups is 3. The summed E-state index contributed by atoms with van der Waals surface area (Å²) in [6, 6.07) is 1.73. The van der Waals surface area contributed by atoms with Crippen molar-refractivity contribution in [2.24, 2.45) is 0 Å². The first-order valence-electron chi connectivity index (χ1n) is 11.4. The van der Waals surface area contributed by atoms with Crippen LogP contribution in [0, 0.1) is 0 Å². The number of hydrogen-bond acceptors (Lipinski definition) is 5. The van der Waals surface area contributed by atoms with E-state index >= 15 is 0 Å². The zero-order valence-electron chi connectivity index (χ0n) is 18.9. The van der Waals surface area contributed by atoms with Crippen LogP contribution in [0.4, 0.5) is 0 Å². The maximum Gasteiger partial charge on any atom is 0.274 e. The summed E-state index contributed by atoms with van der Waals surface area (Å²) >= 11 is 0. The van der Waals surface area contributed by atoms with Gasteiger partial charge in [0.15, 0.2) is 5.69 Å². The molecule has 1 saturated heterocycles. The van der Waals surface area contributed by atoms with Gasteiger partial charge in [-0.15, -0.1) is 0 Å². The van der Waals surface area contributed by atoms with Crippen LogP contribution in [0.5, 0.6) is 0 Å². The SMILES string of the molecule is CN1CCN(C(=O)c2cc3n(n2)C[C@@](C)(C(=O)NC2CCCCCC2)N(C)C3=O)CC1. The van der Waals surface area contributed by atoms with Gasteiger partial charge in [0, 0.05) is 45.3 Å². The number of fused-ring (bicyclic) bond motifs is 1. The highest BCUT2D eigenvalue weighted by molar-refractivity contribution is 6.01. The normalized spacial score (nSPS) is 25.8. The van der Waals surface area contributed by atoms with E-state index in [-0.39, 0.29) is 36.0 Å². The number of amides is 3. The summed E-state index contributed by atoms with van der Waals surface area (Å²) in [5, 5.41) is 7.64. The average molecular weight is 431 g/mol. The fourth-order valence-corrected chi connectivity index (χ4v) is 4.77. The molecule has 3 heterocycles. The Labute approximate surface area is 183 Å². The van der Waals surface area contributed by atoms with Crippen LogP contribution in [-0.4, -0.2) is 94.1 Å². The summed E-state index contributed by atoms with van der Waals surface area (Å²) in [5.41, 5.74) is -0.411. The molecule has 2 fully saturated rings. The lowest BCUT2D eigenvalue weighted by atomic mass is 9.95. The molecule has 1 aromatic rings. The van der Waals surface area contributed by atoms with Gasteiger partial charge in [0.1, 0.15) is 11.2 Å². The number of carbonyl (C=O) groups excluding carboxylic acids is 3. The van der Waals surface area contributed by atoms with Crippen molar-refractivity contribution in [3.63, 3.8) is 0 Å². The van der Waals surface area contributed by atoms with E-state index in [4.69, 9.17) is 0 Å². The molecule has 9 heteroatoms. The van der Waals surface area contributed by atoms with E-state index in [1.54, 1.807) is 24.9 Å². The molecule has 0 spiro atoms. The molecule has 3 amide bonds. The zero-order valence-corrected chi connectivity index (χ0v) is 18.9. The molecule has 3 aliphatic rings. The van der Waals surface area contributed by atoms with Crippen molar-refractivity contribution in [1.29, 1.82) is 0 Å². The molecular weight excluding hydrogens is 396 g/mol. The molecule has 0 radical (unpaired) electrons. The second kappa shape index (κ2) is 8.61. The Morgan fingerprint density at radius 2 is 1.71 bits per heavy atom. The van der Waals surface area contributed by atoms with E-state index in [1.807, 2.05) is 7.05 Å². The molecule has 9 nitrogen and oxygen atoms in total. The summed E-state index contributed by atoms with van der Waals surface area (Å²) < 4.78 is 1.54. The summed E-state index contributed by atoms with van der Waals surface area (Å²) in [6.07, 6.45) is 6.63. The Balaban J connectivity index is 1.51. The monoisotopic (exact) mass is 430 g/mol. The Hall–Kier alpha value is -2.42. The van der Waals surface area contributed by atoms with Gasteiger partial charge >= 0.3 is 0 Å². The Bertz CT molecular complexity index is 851. The van der Waals surface area contributed by atoms with E-state index < -0.39 is 5.54 Å². The lowest BCUT2D eigenvalue weighted by Gasteiger charge is -2.41. The minimum Gasteiger partial charge on any atom is -0.351 e. The molecule has 2 aliphatic heterocycles. The second-order valence-corrected chi connectivity index (χ2v) is 9.47. The molecule has 1 aromatic heterocycles. The molecular formula is C22H34N6O3. The van der Waals surface area contributed by atoms with Crippen LogP contribution in [0.1, 0.15) is 66.4 Å². The smallest absolute Gasteiger partial charge is 0.274 e. The Morgan fingerprint density at radius 1 is 1.06 bits per heavy atom. The first-order chi connectivity index (χ1) is 14.8. The molecule has 4 rings (SSSR count). The van der Waals surface area contributed by atoms with E-state index in [2.05, 4.69) is 15.3 Å². The molecule has 1 atom stereocenters. The molecule has 0 bridgehead atoms. The van der Waals surface area contributed by atoms with Gasteiger partial charge < -0.3 is 20.0 Å². The van der Waals surface area contributed by atoms with Gasteiger partial charge in [-0.1, -0.05) is 25.7 Å². The van der Waals surface area contributed by atoms with Gasteiger partial charge in [0.2, 0.25) is 5.91 Å². The topological polar surface area (TPSA) is 90.8 Å². The first kappa shape index (κ1) is 21.8. The van der Waals surface area contributed by atoms with E-state index in [0.717, 1.165) is 38.8 Å². The third-order valence-electron chi connectivity index (χ3n) is 7.19. The van der Waals surface area contributed by atoms with Crippen LogP contribution >= 0.6 is 0 Å². The van der Waals surface area contributed by atoms with Crippen molar-refractivity contribution in [3.05, 3.63) is 17.5 Å². The summed E-state index contributed by atoms with van der Waals surface area (Å²) in [4.78, 5) is 44.7. The maximum absolute atomic E-state index is 13.3. The van der Waals surface area contributed by atoms with Gasteiger partial charge in [0.25, 0.3) is 11.8 Å². The predicted molar refractivity (Wildman–Crippen MR) is 116 cm³/mol. The standard InChI is InChI=1S/C22H34N6O3/c1-22(21(31)23-16-8-6-4-5-7-9-16)15-28-18(20(30)26(22)3)14-17(24-28)19(29)27-12-10-25(2)11-13-27/h14,16H,4-13,15H2,1-3H3,(H,23,31)/t22-/m0/s1. The lowest BCUT2D eigenvalue weighted by molar-refractivity contribution is -0.133. The zero-order chi connectivity index (χ0) is 22.2. The molecule has 0 unspecified atom stereocenters. The largest absolute Gasteiger partial charge is 0.351 e. The predicted octanol–water partition coefficient (Wildman–Crippen LogP) is 0.954. The van der Waals surface area contributed by atoms with Crippen LogP contribution in [0.2, 0.25) is 0 Å². The van der Waals surface area contributed by atoms with Gasteiger partial charge in [0.05, 0.1) is 6.54 Å². The molecule has 31 heavy (non-hydrogen) atoms. The first-order valence-corrected chi connectivity index (χ1v) is 11.4. The minimum atomic E-state index is -1.05. The molecule has 170 valence electrons. The van der Waals surface area contributed by atoms with Gasteiger partial charge in [-0.3, -0.25) is 19.1 Å². The molecule has 1 aliphatic carbocycles. The Kier molecular flexibility index (Phi) is 6.05. The summed E-state index contributed by atoms with van der Waals surface area (Å²) in [6.45, 7) is 4.95. The number of rotatable bonds is 3. The highest BCUT2D eigenvalue weighted by Gasteiger charge is 2.47. The molecule has 1 saturated carbocycles. The second-order valence-electron chi connectivity index (χ2n) is 9.47. The lowest BCUT2D eigenvalue weighted by Crippen LogP contribution is -2.63. The molecule has 1 N–H and O–H groups in total. The van der Waals surface area contributed by atoms with E-state index in [1.165, 1.54) is 22.4 Å². The van der Waals surface area contributed by atoms with Crippen molar-refractivity contribution in [3.8, 4) is 0 Å². The number of piperazine rings is 1. The van der Waals surface area contributed by atoms with Crippen LogP contribution in [0.25, 0.3) is 0 Å². The highest BCUT2D eigenvalue weighted by Crippen LogP contribution is 2.27. The Morgan fingerprint density at radius 3 is 2.35 bits per heavy atom. The summed E-state index contributed by atoms with van der Waals surface area (Å²) in [7, 11) is 3.69. The summed E-state index contributed by atoms with van der Waals surface area (Å²) in [5.74, 6) is -0.590. The highest BCUT2D eigenvalue weighted by atomic mass is 16.2. The molecule has 0 aromatic carbocycles. The number of nitrogens with one attached hydrogen (secondary N) is 1. The van der Waals surface area contributed by atoms with Crippen LogP contribution in [0.15, 0.2) is 6.07 Å².